The molecule has 33 heavy (non-hydrogen) atoms. The molecule has 180 valence electrons. The van der Waals surface area contributed by atoms with Gasteiger partial charge in [0.15, 0.2) is 0 Å². The monoisotopic (exact) mass is 476 g/mol. The highest BCUT2D eigenvalue weighted by Crippen LogP contribution is 2.27. The van der Waals surface area contributed by atoms with E-state index in [-0.39, 0.29) is 17.2 Å². The summed E-state index contributed by atoms with van der Waals surface area (Å²) in [7, 11) is -0.420. The van der Waals surface area contributed by atoms with Crippen LogP contribution in [0.3, 0.4) is 0 Å². The fraction of sp³-hybridized carbons (Fsp3) is 0.458. The van der Waals surface area contributed by atoms with Crippen LogP contribution in [0, 0.1) is 0 Å². The van der Waals surface area contributed by atoms with E-state index in [0.29, 0.717) is 55.5 Å². The van der Waals surface area contributed by atoms with Crippen molar-refractivity contribution in [1.82, 2.24) is 9.62 Å². The Hall–Kier alpha value is -2.78. The van der Waals surface area contributed by atoms with E-state index in [1.54, 1.807) is 31.4 Å². The summed E-state index contributed by atoms with van der Waals surface area (Å²) in [6.45, 7) is 1.77. The van der Waals surface area contributed by atoms with Crippen LogP contribution in [-0.2, 0) is 21.2 Å². The van der Waals surface area contributed by atoms with Crippen LogP contribution in [0.5, 0.6) is 17.2 Å². The van der Waals surface area contributed by atoms with Crippen LogP contribution in [0.15, 0.2) is 47.4 Å². The third-order valence-corrected chi connectivity index (χ3v) is 7.45. The van der Waals surface area contributed by atoms with Crippen molar-refractivity contribution in [3.05, 3.63) is 48.0 Å². The number of nitrogens with one attached hydrogen (secondary N) is 1. The maximum atomic E-state index is 13.0. The van der Waals surface area contributed by atoms with Crippen molar-refractivity contribution in [3.8, 4) is 17.2 Å². The molecule has 1 heterocycles. The van der Waals surface area contributed by atoms with Crippen molar-refractivity contribution in [2.75, 3.05) is 40.5 Å². The van der Waals surface area contributed by atoms with E-state index in [4.69, 9.17) is 14.2 Å². The van der Waals surface area contributed by atoms with E-state index in [1.807, 2.05) is 18.2 Å². The van der Waals surface area contributed by atoms with Crippen molar-refractivity contribution in [3.63, 3.8) is 0 Å². The first-order valence-electron chi connectivity index (χ1n) is 11.1. The Labute approximate surface area is 195 Å². The number of ether oxygens (including phenoxy) is 3. The molecule has 0 saturated carbocycles. The molecule has 8 nitrogen and oxygen atoms in total. The van der Waals surface area contributed by atoms with Crippen LogP contribution in [-0.4, -0.2) is 59.1 Å². The standard InChI is InChI=1S/C24H32N2O6S/c1-30-20-7-6-8-21(18-20)32-16-13-25-24(27)12-9-19-17-22(10-11-23(19)31-2)33(28,29)26-14-4-3-5-15-26/h6-8,10-11,17-18H,3-5,9,12-16H2,1-2H3,(H,25,27). The number of amides is 1. The topological polar surface area (TPSA) is 94.2 Å². The lowest BCUT2D eigenvalue weighted by Gasteiger charge is -2.26. The summed E-state index contributed by atoms with van der Waals surface area (Å²) >= 11 is 0. The Bertz CT molecular complexity index is 1040. The van der Waals surface area contributed by atoms with Gasteiger partial charge in [0, 0.05) is 25.6 Å². The predicted octanol–water partition coefficient (Wildman–Crippen LogP) is 3.01. The van der Waals surface area contributed by atoms with Gasteiger partial charge >= 0.3 is 0 Å². The van der Waals surface area contributed by atoms with E-state index in [2.05, 4.69) is 5.32 Å². The van der Waals surface area contributed by atoms with Gasteiger partial charge in [-0.25, -0.2) is 8.42 Å². The summed E-state index contributed by atoms with van der Waals surface area (Å²) in [4.78, 5) is 12.5. The van der Waals surface area contributed by atoms with Crippen molar-refractivity contribution in [2.45, 2.75) is 37.0 Å². The van der Waals surface area contributed by atoms with E-state index < -0.39 is 10.0 Å². The van der Waals surface area contributed by atoms with E-state index in [9.17, 15) is 13.2 Å². The molecule has 2 aromatic carbocycles. The normalized spacial score (nSPS) is 14.5. The van der Waals surface area contributed by atoms with Crippen molar-refractivity contribution < 1.29 is 27.4 Å². The van der Waals surface area contributed by atoms with Crippen LogP contribution in [0.4, 0.5) is 0 Å². The van der Waals surface area contributed by atoms with Gasteiger partial charge < -0.3 is 19.5 Å². The first-order valence-corrected chi connectivity index (χ1v) is 12.6. The van der Waals surface area contributed by atoms with Crippen LogP contribution in [0.1, 0.15) is 31.2 Å². The molecule has 3 rings (SSSR count). The molecule has 1 aliphatic rings. The minimum atomic E-state index is -3.55. The molecule has 1 N–H and O–H groups in total. The van der Waals surface area contributed by atoms with Gasteiger partial charge in [-0.05, 0) is 55.2 Å². The maximum Gasteiger partial charge on any atom is 0.243 e. The molecule has 1 fully saturated rings. The summed E-state index contributed by atoms with van der Waals surface area (Å²) in [5.74, 6) is 1.80. The molecular formula is C24H32N2O6S. The molecule has 0 aliphatic carbocycles. The van der Waals surface area contributed by atoms with Crippen molar-refractivity contribution >= 4 is 15.9 Å². The Morgan fingerprint density at radius 2 is 1.76 bits per heavy atom. The van der Waals surface area contributed by atoms with E-state index in [0.717, 1.165) is 19.3 Å². The Kier molecular flexibility index (Phi) is 8.96. The number of carbonyl (C=O) groups excluding carboxylic acids is 1. The fourth-order valence-corrected chi connectivity index (χ4v) is 5.32. The fourth-order valence-electron chi connectivity index (χ4n) is 3.75. The molecule has 1 aliphatic heterocycles. The van der Waals surface area contributed by atoms with Gasteiger partial charge in [-0.3, -0.25) is 4.79 Å². The maximum absolute atomic E-state index is 13.0. The van der Waals surface area contributed by atoms with E-state index >= 15 is 0 Å². The molecule has 0 bridgehead atoms. The highest BCUT2D eigenvalue weighted by Gasteiger charge is 2.26. The number of benzene rings is 2. The van der Waals surface area contributed by atoms with Crippen molar-refractivity contribution in [2.24, 2.45) is 0 Å². The number of sulfonamides is 1. The first kappa shape index (κ1) is 24.9. The Morgan fingerprint density at radius 3 is 2.48 bits per heavy atom. The average molecular weight is 477 g/mol. The molecule has 0 atom stereocenters. The summed E-state index contributed by atoms with van der Waals surface area (Å²) in [5.41, 5.74) is 0.693. The SMILES string of the molecule is COc1cccc(OCCNC(=O)CCc2cc(S(=O)(=O)N3CCCCC3)ccc2OC)c1. The smallest absolute Gasteiger partial charge is 0.243 e. The molecule has 0 unspecified atom stereocenters. The number of hydrogen-bond acceptors (Lipinski definition) is 6. The minimum Gasteiger partial charge on any atom is -0.497 e. The average Bonchev–Trinajstić information content (AvgIpc) is 2.85. The third-order valence-electron chi connectivity index (χ3n) is 5.56. The number of rotatable bonds is 11. The molecule has 1 amide bonds. The zero-order valence-electron chi connectivity index (χ0n) is 19.2. The van der Waals surface area contributed by atoms with Gasteiger partial charge in [0.2, 0.25) is 15.9 Å². The van der Waals surface area contributed by atoms with Crippen LogP contribution < -0.4 is 19.5 Å². The van der Waals surface area contributed by atoms with Crippen LogP contribution in [0.25, 0.3) is 0 Å². The molecule has 1 saturated heterocycles. The molecule has 0 spiro atoms. The number of piperidine rings is 1. The summed E-state index contributed by atoms with van der Waals surface area (Å²) in [6, 6.07) is 12.1. The minimum absolute atomic E-state index is 0.143. The molecule has 9 heteroatoms. The zero-order chi connectivity index (χ0) is 23.7. The lowest BCUT2D eigenvalue weighted by molar-refractivity contribution is -0.121. The summed E-state index contributed by atoms with van der Waals surface area (Å²) in [5, 5.41) is 2.82. The predicted molar refractivity (Wildman–Crippen MR) is 125 cm³/mol. The number of hydrogen-bond donors (Lipinski definition) is 1. The number of aryl methyl sites for hydroxylation is 1. The van der Waals surface area contributed by atoms with Gasteiger partial charge in [-0.1, -0.05) is 12.5 Å². The van der Waals surface area contributed by atoms with E-state index in [1.165, 1.54) is 11.4 Å². The second-order valence-corrected chi connectivity index (χ2v) is 9.75. The molecule has 0 radical (unpaired) electrons. The van der Waals surface area contributed by atoms with Crippen LogP contribution >= 0.6 is 0 Å². The highest BCUT2D eigenvalue weighted by atomic mass is 32.2. The van der Waals surface area contributed by atoms with Gasteiger partial charge in [0.1, 0.15) is 23.9 Å². The lowest BCUT2D eigenvalue weighted by atomic mass is 10.1. The molecular weight excluding hydrogens is 444 g/mol. The number of methoxy groups -OCH3 is 2. The first-order chi connectivity index (χ1) is 15.9. The van der Waals surface area contributed by atoms with Gasteiger partial charge in [0.25, 0.3) is 0 Å². The van der Waals surface area contributed by atoms with Gasteiger partial charge in [-0.2, -0.15) is 4.31 Å². The Morgan fingerprint density at radius 1 is 1.00 bits per heavy atom. The quantitative estimate of drug-likeness (QED) is 0.501. The zero-order valence-corrected chi connectivity index (χ0v) is 20.0. The second kappa shape index (κ2) is 11.9. The third kappa shape index (κ3) is 6.85. The highest BCUT2D eigenvalue weighted by molar-refractivity contribution is 7.89. The summed E-state index contributed by atoms with van der Waals surface area (Å²) in [6.07, 6.45) is 3.39. The largest absolute Gasteiger partial charge is 0.497 e. The van der Waals surface area contributed by atoms with Gasteiger partial charge in [-0.15, -0.1) is 0 Å². The van der Waals surface area contributed by atoms with Gasteiger partial charge in [0.05, 0.1) is 25.7 Å². The second-order valence-electron chi connectivity index (χ2n) is 7.82. The Balaban J connectivity index is 1.53. The number of carbonyl (C=O) groups is 1. The number of nitrogens with zero attached hydrogens (tertiary/aromatic N) is 1. The summed E-state index contributed by atoms with van der Waals surface area (Å²) < 4.78 is 43.7. The van der Waals surface area contributed by atoms with Crippen molar-refractivity contribution in [1.29, 1.82) is 0 Å². The lowest BCUT2D eigenvalue weighted by Crippen LogP contribution is -2.35. The molecule has 2 aromatic rings. The van der Waals surface area contributed by atoms with Crippen LogP contribution in [0.2, 0.25) is 0 Å². The molecule has 0 aromatic heterocycles.